The van der Waals surface area contributed by atoms with Crippen LogP contribution in [0.2, 0.25) is 0 Å². The number of amides is 1. The molecule has 156 valence electrons. The van der Waals surface area contributed by atoms with Gasteiger partial charge in [0.25, 0.3) is 0 Å². The van der Waals surface area contributed by atoms with Crippen LogP contribution < -0.4 is 4.90 Å². The number of carbonyl (C=O) groups is 1. The molecule has 1 aliphatic rings. The number of carbonyl (C=O) groups excluding carboxylic acids is 1. The van der Waals surface area contributed by atoms with E-state index in [9.17, 15) is 13.2 Å². The molecule has 29 heavy (non-hydrogen) atoms. The van der Waals surface area contributed by atoms with Gasteiger partial charge in [-0.2, -0.15) is 4.31 Å². The van der Waals surface area contributed by atoms with Gasteiger partial charge in [0, 0.05) is 30.5 Å². The lowest BCUT2D eigenvalue weighted by Gasteiger charge is -2.27. The van der Waals surface area contributed by atoms with Crippen LogP contribution in [0.4, 0.5) is 5.69 Å². The van der Waals surface area contributed by atoms with Gasteiger partial charge in [0.2, 0.25) is 15.9 Å². The van der Waals surface area contributed by atoms with Gasteiger partial charge in [-0.15, -0.1) is 0 Å². The van der Waals surface area contributed by atoms with E-state index in [1.807, 2.05) is 50.2 Å². The summed E-state index contributed by atoms with van der Waals surface area (Å²) < 4.78 is 29.8. The Labute approximate surface area is 181 Å². The number of fused-ring (bicyclic) bond motifs is 1. The molecular weight excluding hydrogens is 452 g/mol. The molecule has 3 rings (SSSR count). The Kier molecular flexibility index (Phi) is 6.81. The maximum Gasteiger partial charge on any atom is 0.245 e. The number of rotatable bonds is 7. The van der Waals surface area contributed by atoms with Crippen LogP contribution in [-0.2, 0) is 27.8 Å². The second kappa shape index (κ2) is 8.98. The summed E-state index contributed by atoms with van der Waals surface area (Å²) in [5.41, 5.74) is 2.36. The number of benzene rings is 2. The molecule has 7 heteroatoms. The van der Waals surface area contributed by atoms with Crippen molar-refractivity contribution in [2.45, 2.75) is 57.5 Å². The van der Waals surface area contributed by atoms with Crippen LogP contribution in [0.1, 0.15) is 44.7 Å². The third-order valence-corrected chi connectivity index (χ3v) is 7.55. The van der Waals surface area contributed by atoms with E-state index in [-0.39, 0.29) is 16.8 Å². The number of hydrogen-bond acceptors (Lipinski definition) is 3. The molecule has 5 nitrogen and oxygen atoms in total. The monoisotopic (exact) mass is 478 g/mol. The molecule has 1 atom stereocenters. The molecule has 0 bridgehead atoms. The van der Waals surface area contributed by atoms with E-state index in [0.717, 1.165) is 24.0 Å². The van der Waals surface area contributed by atoms with Crippen molar-refractivity contribution in [3.63, 3.8) is 0 Å². The average molecular weight is 479 g/mol. The van der Waals surface area contributed by atoms with Crippen molar-refractivity contribution >= 4 is 37.5 Å². The Bertz CT molecular complexity index is 993. The Morgan fingerprint density at radius 1 is 1.24 bits per heavy atom. The Morgan fingerprint density at radius 3 is 2.55 bits per heavy atom. The second-order valence-electron chi connectivity index (χ2n) is 7.53. The first kappa shape index (κ1) is 22.0. The summed E-state index contributed by atoms with van der Waals surface area (Å²) in [5.74, 6) is -0.141. The molecule has 0 saturated heterocycles. The van der Waals surface area contributed by atoms with E-state index in [1.165, 1.54) is 11.2 Å². The highest BCUT2D eigenvalue weighted by Crippen LogP contribution is 2.41. The molecule has 0 unspecified atom stereocenters. The first-order valence-electron chi connectivity index (χ1n) is 9.92. The van der Waals surface area contributed by atoms with Crippen molar-refractivity contribution in [2.75, 3.05) is 11.4 Å². The lowest BCUT2D eigenvalue weighted by atomic mass is 10.1. The Balaban J connectivity index is 2.10. The minimum Gasteiger partial charge on any atom is -0.308 e. The average Bonchev–Trinajstić information content (AvgIpc) is 3.00. The standard InChI is InChI=1S/C22H27BrN2O3S/c1-4-5-11-24(15-18-9-7-6-8-10-18)29(27,28)21-14-20(23)13-19-12-16(2)25(17(3)26)22(19)21/h6-10,13-14,16H,4-5,11-12,15H2,1-3H3/t16-/m1/s1. The van der Waals surface area contributed by atoms with Gasteiger partial charge in [-0.05, 0) is 43.0 Å². The number of hydrogen-bond donors (Lipinski definition) is 0. The van der Waals surface area contributed by atoms with Gasteiger partial charge in [0.05, 0.1) is 5.69 Å². The van der Waals surface area contributed by atoms with Gasteiger partial charge < -0.3 is 4.90 Å². The van der Waals surface area contributed by atoms with Crippen molar-refractivity contribution in [3.05, 3.63) is 58.1 Å². The van der Waals surface area contributed by atoms with E-state index in [0.29, 0.717) is 29.7 Å². The minimum absolute atomic E-state index is 0.0658. The molecule has 1 aliphatic heterocycles. The van der Waals surface area contributed by atoms with Crippen LogP contribution in [0.3, 0.4) is 0 Å². The molecule has 2 aromatic rings. The van der Waals surface area contributed by atoms with Gasteiger partial charge in [0.1, 0.15) is 4.90 Å². The smallest absolute Gasteiger partial charge is 0.245 e. The third-order valence-electron chi connectivity index (χ3n) is 5.24. The zero-order valence-electron chi connectivity index (χ0n) is 17.1. The van der Waals surface area contributed by atoms with Gasteiger partial charge in [-0.3, -0.25) is 4.79 Å². The molecule has 0 fully saturated rings. The summed E-state index contributed by atoms with van der Waals surface area (Å²) in [7, 11) is -3.80. The van der Waals surface area contributed by atoms with Crippen LogP contribution in [-0.4, -0.2) is 31.2 Å². The molecule has 0 aromatic heterocycles. The van der Waals surface area contributed by atoms with Crippen LogP contribution in [0, 0.1) is 0 Å². The second-order valence-corrected chi connectivity index (χ2v) is 10.4. The maximum absolute atomic E-state index is 13.8. The van der Waals surface area contributed by atoms with Gasteiger partial charge >= 0.3 is 0 Å². The highest BCUT2D eigenvalue weighted by Gasteiger charge is 2.37. The van der Waals surface area contributed by atoms with Crippen LogP contribution in [0.15, 0.2) is 51.8 Å². The fourth-order valence-corrected chi connectivity index (χ4v) is 6.27. The summed E-state index contributed by atoms with van der Waals surface area (Å²) in [6.07, 6.45) is 2.31. The molecule has 0 spiro atoms. The minimum atomic E-state index is -3.80. The lowest BCUT2D eigenvalue weighted by Crippen LogP contribution is -2.36. The molecule has 1 heterocycles. The van der Waals surface area contributed by atoms with Gasteiger partial charge in [0.15, 0.2) is 0 Å². The molecule has 2 aromatic carbocycles. The maximum atomic E-state index is 13.8. The Hall–Kier alpha value is -1.70. The highest BCUT2D eigenvalue weighted by molar-refractivity contribution is 9.10. The van der Waals surface area contributed by atoms with E-state index in [1.54, 1.807) is 11.0 Å². The first-order valence-corrected chi connectivity index (χ1v) is 12.1. The molecular formula is C22H27BrN2O3S. The van der Waals surface area contributed by atoms with Crippen LogP contribution in [0.25, 0.3) is 0 Å². The zero-order chi connectivity index (χ0) is 21.2. The predicted octanol–water partition coefficient (Wildman–Crippen LogP) is 4.74. The van der Waals surface area contributed by atoms with E-state index in [2.05, 4.69) is 15.9 Å². The Morgan fingerprint density at radius 2 is 1.93 bits per heavy atom. The quantitative estimate of drug-likeness (QED) is 0.577. The fraction of sp³-hybridized carbons (Fsp3) is 0.409. The molecule has 0 radical (unpaired) electrons. The molecule has 0 aliphatic carbocycles. The first-order chi connectivity index (χ1) is 13.8. The van der Waals surface area contributed by atoms with Gasteiger partial charge in [-0.25, -0.2) is 8.42 Å². The van der Waals surface area contributed by atoms with Gasteiger partial charge in [-0.1, -0.05) is 59.6 Å². The SMILES string of the molecule is CCCCN(Cc1ccccc1)S(=O)(=O)c1cc(Br)cc2c1N(C(C)=O)[C@H](C)C2. The van der Waals surface area contributed by atoms with E-state index >= 15 is 0 Å². The topological polar surface area (TPSA) is 57.7 Å². The van der Waals surface area contributed by atoms with Crippen molar-refractivity contribution in [3.8, 4) is 0 Å². The van der Waals surface area contributed by atoms with E-state index in [4.69, 9.17) is 0 Å². The third kappa shape index (κ3) is 4.57. The predicted molar refractivity (Wildman–Crippen MR) is 119 cm³/mol. The van der Waals surface area contributed by atoms with Crippen LogP contribution >= 0.6 is 15.9 Å². The summed E-state index contributed by atoms with van der Waals surface area (Å²) >= 11 is 3.47. The van der Waals surface area contributed by atoms with Crippen molar-refractivity contribution in [2.24, 2.45) is 0 Å². The summed E-state index contributed by atoms with van der Waals surface area (Å²) in [4.78, 5) is 14.1. The zero-order valence-corrected chi connectivity index (χ0v) is 19.5. The number of anilines is 1. The number of halogens is 1. The largest absolute Gasteiger partial charge is 0.308 e. The lowest BCUT2D eigenvalue weighted by molar-refractivity contribution is -0.116. The summed E-state index contributed by atoms with van der Waals surface area (Å²) in [6, 6.07) is 13.1. The molecule has 1 amide bonds. The number of unbranched alkanes of at least 4 members (excludes halogenated alkanes) is 1. The normalized spacial score (nSPS) is 16.3. The number of sulfonamides is 1. The fourth-order valence-electron chi connectivity index (χ4n) is 3.90. The highest BCUT2D eigenvalue weighted by atomic mass is 79.9. The van der Waals surface area contributed by atoms with E-state index < -0.39 is 10.0 Å². The number of nitrogens with zero attached hydrogens (tertiary/aromatic N) is 2. The summed E-state index contributed by atoms with van der Waals surface area (Å²) in [5, 5.41) is 0. The molecule has 0 saturated carbocycles. The summed E-state index contributed by atoms with van der Waals surface area (Å²) in [6.45, 7) is 6.22. The van der Waals surface area contributed by atoms with Crippen LogP contribution in [0.5, 0.6) is 0 Å². The molecule has 0 N–H and O–H groups in total. The van der Waals surface area contributed by atoms with Crippen molar-refractivity contribution < 1.29 is 13.2 Å². The van der Waals surface area contributed by atoms with Crippen molar-refractivity contribution in [1.82, 2.24) is 4.31 Å². The van der Waals surface area contributed by atoms with Crippen molar-refractivity contribution in [1.29, 1.82) is 0 Å².